The Morgan fingerprint density at radius 1 is 0.964 bits per heavy atom. The number of rotatable bonds is 4. The van der Waals surface area contributed by atoms with Crippen LogP contribution in [0.15, 0.2) is 47.4 Å². The summed E-state index contributed by atoms with van der Waals surface area (Å²) >= 11 is 5.73. The number of hydrogen-bond acceptors (Lipinski definition) is 4. The second kappa shape index (κ2) is 8.26. The van der Waals surface area contributed by atoms with Crippen LogP contribution in [0.25, 0.3) is 0 Å². The van der Waals surface area contributed by atoms with Crippen LogP contribution in [0.3, 0.4) is 0 Å². The summed E-state index contributed by atoms with van der Waals surface area (Å²) in [6, 6.07) is 8.82. The number of hydrogen-bond donors (Lipinski definition) is 2. The smallest absolute Gasteiger partial charge is 0.267 e. The second-order valence-electron chi connectivity index (χ2n) is 6.17. The van der Waals surface area contributed by atoms with E-state index in [9.17, 15) is 22.4 Å². The third-order valence-electron chi connectivity index (χ3n) is 4.28. The van der Waals surface area contributed by atoms with Crippen LogP contribution in [0.2, 0.25) is 5.02 Å². The van der Waals surface area contributed by atoms with Crippen LogP contribution in [-0.2, 0) is 10.0 Å². The van der Waals surface area contributed by atoms with Crippen molar-refractivity contribution in [3.63, 3.8) is 0 Å². The summed E-state index contributed by atoms with van der Waals surface area (Å²) in [7, 11) is -3.57. The van der Waals surface area contributed by atoms with Crippen LogP contribution in [0, 0.1) is 5.82 Å². The minimum absolute atomic E-state index is 0.0935. The fourth-order valence-electron chi connectivity index (χ4n) is 2.78. The normalized spacial score (nSPS) is 14.6. The van der Waals surface area contributed by atoms with Gasteiger partial charge in [0, 0.05) is 23.7 Å². The van der Waals surface area contributed by atoms with Crippen molar-refractivity contribution in [1.29, 1.82) is 0 Å². The van der Waals surface area contributed by atoms with Gasteiger partial charge >= 0.3 is 0 Å². The molecule has 0 unspecified atom stereocenters. The third kappa shape index (κ3) is 4.32. The van der Waals surface area contributed by atoms with Crippen molar-refractivity contribution in [3.05, 3.63) is 64.4 Å². The summed E-state index contributed by atoms with van der Waals surface area (Å²) in [5.41, 5.74) is 4.05. The van der Waals surface area contributed by atoms with E-state index < -0.39 is 27.7 Å². The van der Waals surface area contributed by atoms with Gasteiger partial charge in [-0.25, -0.2) is 12.8 Å². The molecule has 0 saturated carbocycles. The van der Waals surface area contributed by atoms with E-state index in [-0.39, 0.29) is 21.0 Å². The summed E-state index contributed by atoms with van der Waals surface area (Å²) in [6.07, 6.45) is 1.65. The Bertz CT molecular complexity index is 1010. The molecule has 1 aliphatic rings. The number of nitrogens with one attached hydrogen (secondary N) is 2. The zero-order valence-electron chi connectivity index (χ0n) is 14.6. The minimum atomic E-state index is -3.57. The molecule has 3 rings (SSSR count). The average molecular weight is 426 g/mol. The van der Waals surface area contributed by atoms with Crippen molar-refractivity contribution < 1.29 is 22.4 Å². The number of carbonyl (C=O) groups is 2. The van der Waals surface area contributed by atoms with Gasteiger partial charge in [0.05, 0.1) is 10.5 Å². The third-order valence-corrected chi connectivity index (χ3v) is 6.43. The Balaban J connectivity index is 1.65. The first-order valence-corrected chi connectivity index (χ1v) is 10.3. The molecule has 1 heterocycles. The van der Waals surface area contributed by atoms with Gasteiger partial charge in [-0.15, -0.1) is 0 Å². The van der Waals surface area contributed by atoms with Gasteiger partial charge in [-0.3, -0.25) is 20.4 Å². The van der Waals surface area contributed by atoms with Crippen molar-refractivity contribution in [1.82, 2.24) is 15.2 Å². The first kappa shape index (κ1) is 20.2. The molecular weight excluding hydrogens is 409 g/mol. The number of carbonyl (C=O) groups excluding carboxylic acids is 2. The lowest BCUT2D eigenvalue weighted by Gasteiger charge is -2.15. The van der Waals surface area contributed by atoms with Crippen molar-refractivity contribution >= 4 is 33.4 Å². The van der Waals surface area contributed by atoms with Crippen LogP contribution in [0.4, 0.5) is 4.39 Å². The number of benzene rings is 2. The molecule has 28 heavy (non-hydrogen) atoms. The quantitative estimate of drug-likeness (QED) is 0.735. The van der Waals surface area contributed by atoms with E-state index in [2.05, 4.69) is 10.9 Å². The first-order valence-electron chi connectivity index (χ1n) is 8.45. The second-order valence-corrected chi connectivity index (χ2v) is 8.54. The van der Waals surface area contributed by atoms with E-state index in [0.717, 1.165) is 25.0 Å². The van der Waals surface area contributed by atoms with Gasteiger partial charge < -0.3 is 0 Å². The molecule has 10 heteroatoms. The van der Waals surface area contributed by atoms with Crippen LogP contribution < -0.4 is 10.9 Å². The number of nitrogens with zero attached hydrogens (tertiary/aromatic N) is 1. The maximum atomic E-state index is 13.7. The number of sulfonamides is 1. The molecule has 1 aliphatic heterocycles. The molecule has 0 aromatic heterocycles. The monoisotopic (exact) mass is 425 g/mol. The van der Waals surface area contributed by atoms with E-state index in [1.165, 1.54) is 34.6 Å². The van der Waals surface area contributed by atoms with Crippen molar-refractivity contribution in [2.45, 2.75) is 17.7 Å². The summed E-state index contributed by atoms with van der Waals surface area (Å²) in [4.78, 5) is 24.2. The molecule has 7 nitrogen and oxygen atoms in total. The number of amides is 2. The average Bonchev–Trinajstić information content (AvgIpc) is 3.23. The molecule has 0 radical (unpaired) electrons. The van der Waals surface area contributed by atoms with E-state index in [1.807, 2.05) is 0 Å². The molecule has 2 aromatic rings. The van der Waals surface area contributed by atoms with Gasteiger partial charge in [0.2, 0.25) is 10.0 Å². The van der Waals surface area contributed by atoms with Gasteiger partial charge in [-0.2, -0.15) is 4.31 Å². The van der Waals surface area contributed by atoms with E-state index in [4.69, 9.17) is 11.6 Å². The Morgan fingerprint density at radius 3 is 2.21 bits per heavy atom. The van der Waals surface area contributed by atoms with Gasteiger partial charge in [0.15, 0.2) is 0 Å². The molecule has 0 bridgehead atoms. The molecule has 148 valence electrons. The van der Waals surface area contributed by atoms with E-state index >= 15 is 0 Å². The Hall–Kier alpha value is -2.49. The highest BCUT2D eigenvalue weighted by atomic mass is 35.5. The Labute approximate surface area is 166 Å². The summed E-state index contributed by atoms with van der Waals surface area (Å²) in [5.74, 6) is -2.34. The van der Waals surface area contributed by atoms with Crippen molar-refractivity contribution in [2.24, 2.45) is 0 Å². The maximum Gasteiger partial charge on any atom is 0.272 e. The molecular formula is C18H17ClFN3O4S. The summed E-state index contributed by atoms with van der Waals surface area (Å²) < 4.78 is 40.0. The van der Waals surface area contributed by atoms with Gasteiger partial charge in [0.25, 0.3) is 11.8 Å². The lowest BCUT2D eigenvalue weighted by Crippen LogP contribution is -2.42. The zero-order valence-corrected chi connectivity index (χ0v) is 16.2. The first-order chi connectivity index (χ1) is 13.3. The summed E-state index contributed by atoms with van der Waals surface area (Å²) in [6.45, 7) is 0.966. The van der Waals surface area contributed by atoms with Gasteiger partial charge in [0.1, 0.15) is 5.82 Å². The predicted molar refractivity (Wildman–Crippen MR) is 101 cm³/mol. The fraction of sp³-hybridized carbons (Fsp3) is 0.222. The van der Waals surface area contributed by atoms with Gasteiger partial charge in [-0.1, -0.05) is 11.6 Å². The molecule has 2 aromatic carbocycles. The van der Waals surface area contributed by atoms with Crippen LogP contribution >= 0.6 is 11.6 Å². The van der Waals surface area contributed by atoms with E-state index in [0.29, 0.717) is 13.1 Å². The van der Waals surface area contributed by atoms with Gasteiger partial charge in [-0.05, 0) is 55.3 Å². The molecule has 0 aliphatic carbocycles. The zero-order chi connectivity index (χ0) is 20.3. The lowest BCUT2D eigenvalue weighted by atomic mass is 10.2. The Morgan fingerprint density at radius 2 is 1.57 bits per heavy atom. The lowest BCUT2D eigenvalue weighted by molar-refractivity contribution is 0.0844. The highest BCUT2D eigenvalue weighted by Gasteiger charge is 2.27. The van der Waals surface area contributed by atoms with Crippen LogP contribution in [0.5, 0.6) is 0 Å². The molecule has 2 N–H and O–H groups in total. The topological polar surface area (TPSA) is 95.6 Å². The molecule has 2 amide bonds. The van der Waals surface area contributed by atoms with Crippen LogP contribution in [-0.4, -0.2) is 37.6 Å². The largest absolute Gasteiger partial charge is 0.272 e. The standard InChI is InChI=1S/C18H17ClFN3O4S/c19-13-5-8-16(20)15(11-13)18(25)22-21-17(24)12-3-6-14(7-4-12)28(26,27)23-9-1-2-10-23/h3-8,11H,1-2,9-10H2,(H,21,24)(H,22,25). The molecule has 1 saturated heterocycles. The number of hydrazine groups is 1. The highest BCUT2D eigenvalue weighted by molar-refractivity contribution is 7.89. The minimum Gasteiger partial charge on any atom is -0.267 e. The molecule has 0 spiro atoms. The van der Waals surface area contributed by atoms with Crippen molar-refractivity contribution in [2.75, 3.05) is 13.1 Å². The van der Waals surface area contributed by atoms with Crippen LogP contribution in [0.1, 0.15) is 33.6 Å². The maximum absolute atomic E-state index is 13.7. The fourth-order valence-corrected chi connectivity index (χ4v) is 4.47. The van der Waals surface area contributed by atoms with E-state index in [1.54, 1.807) is 0 Å². The Kier molecular flexibility index (Phi) is 5.97. The molecule has 0 atom stereocenters. The van der Waals surface area contributed by atoms with Crippen molar-refractivity contribution in [3.8, 4) is 0 Å². The predicted octanol–water partition coefficient (Wildman–Crippen LogP) is 2.34. The summed E-state index contributed by atoms with van der Waals surface area (Å²) in [5, 5.41) is 0.174. The highest BCUT2D eigenvalue weighted by Crippen LogP contribution is 2.21. The number of halogens is 2. The SMILES string of the molecule is O=C(NNC(=O)c1cc(Cl)ccc1F)c1ccc(S(=O)(=O)N2CCCC2)cc1. The molecule has 1 fully saturated rings.